The molecule has 0 unspecified atom stereocenters. The van der Waals surface area contributed by atoms with Crippen LogP contribution in [-0.2, 0) is 0 Å². The van der Waals surface area contributed by atoms with E-state index in [1.807, 2.05) is 50.1 Å². The Labute approximate surface area is 160 Å². The van der Waals surface area contributed by atoms with Crippen molar-refractivity contribution in [1.82, 2.24) is 4.90 Å². The minimum Gasteiger partial charge on any atom is -0.354 e. The van der Waals surface area contributed by atoms with E-state index in [0.29, 0.717) is 11.1 Å². The summed E-state index contributed by atoms with van der Waals surface area (Å²) in [5, 5.41) is 2.96. The Balaban J connectivity index is 1.62. The first-order valence-corrected chi connectivity index (χ1v) is 9.52. The molecule has 0 aliphatic carbocycles. The van der Waals surface area contributed by atoms with Crippen LogP contribution >= 0.6 is 0 Å². The van der Waals surface area contributed by atoms with Crippen molar-refractivity contribution in [2.24, 2.45) is 0 Å². The molecule has 1 atom stereocenters. The fourth-order valence-corrected chi connectivity index (χ4v) is 4.04. The zero-order chi connectivity index (χ0) is 19.1. The van der Waals surface area contributed by atoms with Crippen molar-refractivity contribution in [2.75, 3.05) is 23.8 Å². The van der Waals surface area contributed by atoms with E-state index in [1.54, 1.807) is 12.1 Å². The van der Waals surface area contributed by atoms with Crippen molar-refractivity contribution >= 4 is 23.2 Å². The lowest BCUT2D eigenvalue weighted by Crippen LogP contribution is -2.55. The van der Waals surface area contributed by atoms with Gasteiger partial charge in [-0.2, -0.15) is 0 Å². The Bertz CT molecular complexity index is 922. The maximum absolute atomic E-state index is 12.8. The molecule has 0 bridgehead atoms. The third-order valence-corrected chi connectivity index (χ3v) is 5.81. The molecule has 0 saturated carbocycles. The summed E-state index contributed by atoms with van der Waals surface area (Å²) in [7, 11) is 2.01. The van der Waals surface area contributed by atoms with E-state index in [9.17, 15) is 9.59 Å². The predicted octanol–water partition coefficient (Wildman–Crippen LogP) is 3.96. The fourth-order valence-electron chi connectivity index (χ4n) is 4.04. The van der Waals surface area contributed by atoms with E-state index in [2.05, 4.69) is 10.2 Å². The Morgan fingerprint density at radius 3 is 2.67 bits per heavy atom. The van der Waals surface area contributed by atoms with Crippen molar-refractivity contribution < 1.29 is 9.59 Å². The van der Waals surface area contributed by atoms with Crippen LogP contribution < -0.4 is 10.2 Å². The van der Waals surface area contributed by atoms with Gasteiger partial charge in [0, 0.05) is 24.8 Å². The van der Waals surface area contributed by atoms with Crippen LogP contribution in [0.2, 0.25) is 0 Å². The van der Waals surface area contributed by atoms with E-state index >= 15 is 0 Å². The van der Waals surface area contributed by atoms with Crippen LogP contribution in [-0.4, -0.2) is 36.5 Å². The molecule has 27 heavy (non-hydrogen) atoms. The molecule has 2 heterocycles. The Morgan fingerprint density at radius 2 is 1.89 bits per heavy atom. The summed E-state index contributed by atoms with van der Waals surface area (Å²) in [5.74, 6) is -0.0816. The summed E-state index contributed by atoms with van der Waals surface area (Å²) in [6.07, 6.45) is 3.25. The van der Waals surface area contributed by atoms with Crippen molar-refractivity contribution in [3.05, 3.63) is 58.7 Å². The van der Waals surface area contributed by atoms with Gasteiger partial charge < -0.3 is 15.1 Å². The summed E-state index contributed by atoms with van der Waals surface area (Å²) in [6.45, 7) is 4.88. The van der Waals surface area contributed by atoms with Gasteiger partial charge in [0.25, 0.3) is 11.8 Å². The van der Waals surface area contributed by atoms with Gasteiger partial charge >= 0.3 is 0 Å². The number of hydrogen-bond acceptors (Lipinski definition) is 3. The van der Waals surface area contributed by atoms with E-state index in [0.717, 1.165) is 42.7 Å². The van der Waals surface area contributed by atoms with Crippen molar-refractivity contribution in [2.45, 2.75) is 39.3 Å². The molecular weight excluding hydrogens is 338 g/mol. The zero-order valence-corrected chi connectivity index (χ0v) is 16.1. The van der Waals surface area contributed by atoms with E-state index in [1.165, 1.54) is 5.56 Å². The van der Waals surface area contributed by atoms with Gasteiger partial charge in [0.2, 0.25) is 0 Å². The first-order valence-electron chi connectivity index (χ1n) is 9.52. The van der Waals surface area contributed by atoms with Gasteiger partial charge in [0.15, 0.2) is 0 Å². The molecule has 1 fully saturated rings. The molecule has 4 rings (SSSR count). The van der Waals surface area contributed by atoms with E-state index < -0.39 is 0 Å². The molecule has 1 N–H and O–H groups in total. The highest BCUT2D eigenvalue weighted by atomic mass is 16.2. The third-order valence-electron chi connectivity index (χ3n) is 5.81. The van der Waals surface area contributed by atoms with Crippen molar-refractivity contribution in [1.29, 1.82) is 0 Å². The van der Waals surface area contributed by atoms with Gasteiger partial charge in [-0.3, -0.25) is 9.59 Å². The molecule has 2 aliphatic heterocycles. The lowest BCUT2D eigenvalue weighted by Gasteiger charge is -2.46. The summed E-state index contributed by atoms with van der Waals surface area (Å²) in [5.41, 5.74) is 5.20. The summed E-state index contributed by atoms with van der Waals surface area (Å²) in [4.78, 5) is 29.7. The number of nitrogens with zero attached hydrogens (tertiary/aromatic N) is 2. The maximum Gasteiger partial charge on any atom is 0.257 e. The Morgan fingerprint density at radius 1 is 1.07 bits per heavy atom. The number of fused-ring (bicyclic) bond motifs is 2. The number of piperidine rings is 1. The number of nitrogens with one attached hydrogen (secondary N) is 1. The summed E-state index contributed by atoms with van der Waals surface area (Å²) < 4.78 is 0. The summed E-state index contributed by atoms with van der Waals surface area (Å²) >= 11 is 0. The smallest absolute Gasteiger partial charge is 0.257 e. The molecule has 2 amide bonds. The van der Waals surface area contributed by atoms with Gasteiger partial charge in [-0.25, -0.2) is 0 Å². The third kappa shape index (κ3) is 3.07. The molecule has 0 aromatic heterocycles. The molecule has 5 nitrogen and oxygen atoms in total. The number of rotatable bonds is 2. The maximum atomic E-state index is 12.8. The molecule has 0 radical (unpaired) electrons. The standard InChI is InChI=1S/C22H25N3O2/c1-14-7-9-17(12-15(14)2)23-21(26)16-8-10-18-19(13-16)24(3)20-6-4-5-11-25(20)22(18)27/h7-10,12-13,20H,4-6,11H2,1-3H3,(H,23,26)/t20-/m1/s1. The highest BCUT2D eigenvalue weighted by molar-refractivity contribution is 6.08. The van der Waals surface area contributed by atoms with Gasteiger partial charge in [0.1, 0.15) is 6.17 Å². The molecule has 2 aliphatic rings. The van der Waals surface area contributed by atoms with Crippen LogP contribution in [0.5, 0.6) is 0 Å². The van der Waals surface area contributed by atoms with Crippen LogP contribution in [0.25, 0.3) is 0 Å². The minimum atomic E-state index is -0.159. The van der Waals surface area contributed by atoms with Gasteiger partial charge in [-0.05, 0) is 74.6 Å². The second-order valence-electron chi connectivity index (χ2n) is 7.57. The molecular formula is C22H25N3O2. The van der Waals surface area contributed by atoms with Gasteiger partial charge in [-0.15, -0.1) is 0 Å². The molecule has 1 saturated heterocycles. The fraction of sp³-hybridized carbons (Fsp3) is 0.364. The predicted molar refractivity (Wildman–Crippen MR) is 107 cm³/mol. The number of amides is 2. The lowest BCUT2D eigenvalue weighted by molar-refractivity contribution is 0.0589. The first kappa shape index (κ1) is 17.6. The molecule has 0 spiro atoms. The number of aryl methyl sites for hydroxylation is 2. The van der Waals surface area contributed by atoms with Crippen LogP contribution in [0, 0.1) is 13.8 Å². The van der Waals surface area contributed by atoms with Crippen LogP contribution in [0.3, 0.4) is 0 Å². The molecule has 2 aromatic carbocycles. The monoisotopic (exact) mass is 363 g/mol. The largest absolute Gasteiger partial charge is 0.354 e. The topological polar surface area (TPSA) is 52.7 Å². The van der Waals surface area contributed by atoms with E-state index in [-0.39, 0.29) is 18.0 Å². The van der Waals surface area contributed by atoms with Gasteiger partial charge in [0.05, 0.1) is 11.3 Å². The lowest BCUT2D eigenvalue weighted by atomic mass is 9.97. The average molecular weight is 363 g/mol. The number of anilines is 2. The number of hydrogen-bond donors (Lipinski definition) is 1. The van der Waals surface area contributed by atoms with Crippen molar-refractivity contribution in [3.8, 4) is 0 Å². The zero-order valence-electron chi connectivity index (χ0n) is 16.1. The first-order chi connectivity index (χ1) is 13.0. The highest BCUT2D eigenvalue weighted by Crippen LogP contribution is 2.35. The second-order valence-corrected chi connectivity index (χ2v) is 7.57. The second kappa shape index (κ2) is 6.72. The minimum absolute atomic E-state index is 0.0777. The average Bonchev–Trinajstić information content (AvgIpc) is 2.68. The Hall–Kier alpha value is -2.82. The number of carbonyl (C=O) groups excluding carboxylic acids is 2. The number of carbonyl (C=O) groups is 2. The quantitative estimate of drug-likeness (QED) is 0.879. The van der Waals surface area contributed by atoms with Crippen LogP contribution in [0.1, 0.15) is 51.1 Å². The summed E-state index contributed by atoms with van der Waals surface area (Å²) in [6, 6.07) is 11.3. The highest BCUT2D eigenvalue weighted by Gasteiger charge is 2.37. The molecule has 140 valence electrons. The number of benzene rings is 2. The SMILES string of the molecule is Cc1ccc(NC(=O)c2ccc3c(c2)N(C)[C@H]2CCCCN2C3=O)cc1C. The molecule has 2 aromatic rings. The molecule has 5 heteroatoms. The van der Waals surface area contributed by atoms with Crippen LogP contribution in [0.4, 0.5) is 11.4 Å². The normalized spacial score (nSPS) is 18.8. The van der Waals surface area contributed by atoms with Gasteiger partial charge in [-0.1, -0.05) is 6.07 Å². The Kier molecular flexibility index (Phi) is 4.38. The van der Waals surface area contributed by atoms with E-state index in [4.69, 9.17) is 0 Å². The van der Waals surface area contributed by atoms with Crippen LogP contribution in [0.15, 0.2) is 36.4 Å². The van der Waals surface area contributed by atoms with Crippen molar-refractivity contribution in [3.63, 3.8) is 0 Å².